The van der Waals surface area contributed by atoms with E-state index in [1.54, 1.807) is 0 Å². The maximum atomic E-state index is 13.0. The van der Waals surface area contributed by atoms with Gasteiger partial charge in [0, 0.05) is 10.9 Å². The molecule has 0 atom stereocenters. The molecule has 1 aromatic carbocycles. The molecule has 0 bridgehead atoms. The van der Waals surface area contributed by atoms with E-state index in [4.69, 9.17) is 4.74 Å². The maximum Gasteiger partial charge on any atom is 0.327 e. The predicted molar refractivity (Wildman–Crippen MR) is 95.7 cm³/mol. The van der Waals surface area contributed by atoms with E-state index in [2.05, 4.69) is 9.71 Å². The van der Waals surface area contributed by atoms with Crippen LogP contribution in [0.3, 0.4) is 0 Å². The Kier molecular flexibility index (Phi) is 5.40. The molecule has 9 heteroatoms. The summed E-state index contributed by atoms with van der Waals surface area (Å²) in [6, 6.07) is 5.65. The Morgan fingerprint density at radius 3 is 2.50 bits per heavy atom. The highest BCUT2D eigenvalue weighted by Gasteiger charge is 2.44. The number of hydrogen-bond acceptors (Lipinski definition) is 6. The first kappa shape index (κ1) is 18.9. The Morgan fingerprint density at radius 1 is 1.23 bits per heavy atom. The molecule has 6 nitrogen and oxygen atoms in total. The first-order valence-electron chi connectivity index (χ1n) is 8.20. The lowest BCUT2D eigenvalue weighted by atomic mass is 9.83. The molecule has 0 spiro atoms. The van der Waals surface area contributed by atoms with Gasteiger partial charge in [0.15, 0.2) is 5.03 Å². The van der Waals surface area contributed by atoms with E-state index in [-0.39, 0.29) is 10.8 Å². The van der Waals surface area contributed by atoms with Gasteiger partial charge in [-0.05, 0) is 37.1 Å². The summed E-state index contributed by atoms with van der Waals surface area (Å²) < 4.78 is 46.0. The first-order valence-corrected chi connectivity index (χ1v) is 10.6. The highest BCUT2D eigenvalue weighted by atomic mass is 32.2. The van der Waals surface area contributed by atoms with Crippen LogP contribution in [0.15, 0.2) is 34.7 Å². The number of carbonyl (C=O) groups excluding carboxylic acids is 1. The fourth-order valence-corrected chi connectivity index (χ4v) is 5.63. The highest BCUT2D eigenvalue weighted by Crippen LogP contribution is 2.32. The topological polar surface area (TPSA) is 85.4 Å². The van der Waals surface area contributed by atoms with Gasteiger partial charge in [-0.25, -0.2) is 17.8 Å². The third-order valence-electron chi connectivity index (χ3n) is 4.46. The number of sulfonamides is 1. The van der Waals surface area contributed by atoms with Crippen molar-refractivity contribution < 1.29 is 22.3 Å². The molecule has 0 unspecified atom stereocenters. The smallest absolute Gasteiger partial charge is 0.327 e. The Morgan fingerprint density at radius 2 is 1.88 bits per heavy atom. The van der Waals surface area contributed by atoms with E-state index in [0.717, 1.165) is 30.6 Å². The molecule has 0 radical (unpaired) electrons. The van der Waals surface area contributed by atoms with Crippen molar-refractivity contribution >= 4 is 27.3 Å². The summed E-state index contributed by atoms with van der Waals surface area (Å²) in [6.45, 7) is 0. The number of aromatic nitrogens is 1. The molecule has 1 aromatic heterocycles. The summed E-state index contributed by atoms with van der Waals surface area (Å²) in [4.78, 5) is 16.4. The van der Waals surface area contributed by atoms with Crippen LogP contribution in [0.2, 0.25) is 0 Å². The fourth-order valence-electron chi connectivity index (χ4n) is 3.12. The van der Waals surface area contributed by atoms with Crippen LogP contribution < -0.4 is 4.72 Å². The van der Waals surface area contributed by atoms with Gasteiger partial charge in [-0.3, -0.25) is 4.79 Å². The normalized spacial score (nSPS) is 17.0. The van der Waals surface area contributed by atoms with Crippen LogP contribution in [-0.4, -0.2) is 32.0 Å². The SMILES string of the molecule is COC(=O)C1(NS(=O)(=O)c2csc(-c3ccc(F)cc3)n2)CCCCC1. The van der Waals surface area contributed by atoms with Gasteiger partial charge in [0.1, 0.15) is 16.4 Å². The quantitative estimate of drug-likeness (QED) is 0.782. The van der Waals surface area contributed by atoms with Gasteiger partial charge >= 0.3 is 5.97 Å². The molecular formula is C17H19FN2O4S2. The number of halogens is 1. The number of methoxy groups -OCH3 is 1. The number of thiazole rings is 1. The first-order chi connectivity index (χ1) is 12.4. The van der Waals surface area contributed by atoms with Crippen molar-refractivity contribution in [1.29, 1.82) is 0 Å². The molecule has 1 fully saturated rings. The number of carbonyl (C=O) groups is 1. The molecule has 0 amide bonds. The Labute approximate surface area is 155 Å². The maximum absolute atomic E-state index is 13.0. The molecular weight excluding hydrogens is 379 g/mol. The van der Waals surface area contributed by atoms with Crippen LogP contribution in [0, 0.1) is 5.82 Å². The third kappa shape index (κ3) is 3.79. The molecule has 3 rings (SSSR count). The van der Waals surface area contributed by atoms with Crippen molar-refractivity contribution in [2.45, 2.75) is 42.7 Å². The second-order valence-electron chi connectivity index (χ2n) is 6.24. The van der Waals surface area contributed by atoms with E-state index >= 15 is 0 Å². The monoisotopic (exact) mass is 398 g/mol. The van der Waals surface area contributed by atoms with Gasteiger partial charge in [-0.1, -0.05) is 19.3 Å². The summed E-state index contributed by atoms with van der Waals surface area (Å²) in [5.41, 5.74) is -0.621. The van der Waals surface area contributed by atoms with Crippen LogP contribution in [0.4, 0.5) is 4.39 Å². The van der Waals surface area contributed by atoms with Crippen molar-refractivity contribution in [2.24, 2.45) is 0 Å². The van der Waals surface area contributed by atoms with Gasteiger partial charge in [0.2, 0.25) is 0 Å². The zero-order chi connectivity index (χ0) is 18.8. The van der Waals surface area contributed by atoms with Crippen molar-refractivity contribution in [1.82, 2.24) is 9.71 Å². The molecule has 140 valence electrons. The molecule has 1 N–H and O–H groups in total. The van der Waals surface area contributed by atoms with E-state index in [1.165, 1.54) is 36.8 Å². The Hall–Kier alpha value is -1.84. The minimum absolute atomic E-state index is 0.157. The van der Waals surface area contributed by atoms with E-state index in [0.29, 0.717) is 23.4 Å². The summed E-state index contributed by atoms with van der Waals surface area (Å²) in [5, 5.41) is 1.71. The van der Waals surface area contributed by atoms with Crippen molar-refractivity contribution in [3.8, 4) is 10.6 Å². The third-order valence-corrected chi connectivity index (χ3v) is 6.92. The number of hydrogen-bond donors (Lipinski definition) is 1. The predicted octanol–water partition coefficient (Wildman–Crippen LogP) is 3.10. The van der Waals surface area contributed by atoms with E-state index in [1.807, 2.05) is 0 Å². The molecule has 1 aliphatic rings. The zero-order valence-electron chi connectivity index (χ0n) is 14.2. The highest BCUT2D eigenvalue weighted by molar-refractivity contribution is 7.89. The number of rotatable bonds is 5. The van der Waals surface area contributed by atoms with Gasteiger partial charge in [-0.2, -0.15) is 4.72 Å². The molecule has 2 aromatic rings. The van der Waals surface area contributed by atoms with Crippen molar-refractivity contribution in [3.05, 3.63) is 35.5 Å². The fraction of sp³-hybridized carbons (Fsp3) is 0.412. The molecule has 1 heterocycles. The summed E-state index contributed by atoms with van der Waals surface area (Å²) in [6.07, 6.45) is 3.23. The average Bonchev–Trinajstić information content (AvgIpc) is 3.13. The van der Waals surface area contributed by atoms with Gasteiger partial charge in [0.05, 0.1) is 7.11 Å². The van der Waals surface area contributed by atoms with Crippen LogP contribution in [0.5, 0.6) is 0 Å². The van der Waals surface area contributed by atoms with Crippen molar-refractivity contribution in [3.63, 3.8) is 0 Å². The van der Waals surface area contributed by atoms with Crippen LogP contribution >= 0.6 is 11.3 Å². The molecule has 0 saturated heterocycles. The zero-order valence-corrected chi connectivity index (χ0v) is 15.8. The lowest BCUT2D eigenvalue weighted by molar-refractivity contribution is -0.149. The van der Waals surface area contributed by atoms with Crippen LogP contribution in [0.1, 0.15) is 32.1 Å². The van der Waals surface area contributed by atoms with Gasteiger partial charge < -0.3 is 4.74 Å². The standard InChI is InChI=1S/C17H19FN2O4S2/c1-24-16(21)17(9-3-2-4-10-17)20-26(22,23)14-11-25-15(19-14)12-5-7-13(18)8-6-12/h5-8,11,20H,2-4,9-10H2,1H3. The molecule has 0 aliphatic heterocycles. The number of nitrogens with zero attached hydrogens (tertiary/aromatic N) is 1. The van der Waals surface area contributed by atoms with E-state index in [9.17, 15) is 17.6 Å². The Bertz CT molecular complexity index is 888. The molecule has 1 aliphatic carbocycles. The number of nitrogens with one attached hydrogen (secondary N) is 1. The summed E-state index contributed by atoms with van der Waals surface area (Å²) in [7, 11) is -2.74. The summed E-state index contributed by atoms with van der Waals surface area (Å²) in [5.74, 6) is -0.952. The molecule has 1 saturated carbocycles. The van der Waals surface area contributed by atoms with E-state index < -0.39 is 21.5 Å². The minimum Gasteiger partial charge on any atom is -0.468 e. The Balaban J connectivity index is 1.88. The average molecular weight is 398 g/mol. The minimum atomic E-state index is -3.99. The number of esters is 1. The largest absolute Gasteiger partial charge is 0.468 e. The lowest BCUT2D eigenvalue weighted by Crippen LogP contribution is -2.56. The second-order valence-corrected chi connectivity index (χ2v) is 8.73. The number of ether oxygens (including phenoxy) is 1. The number of benzene rings is 1. The van der Waals surface area contributed by atoms with Crippen LogP contribution in [-0.2, 0) is 19.6 Å². The van der Waals surface area contributed by atoms with Gasteiger partial charge in [0.25, 0.3) is 10.0 Å². The lowest BCUT2D eigenvalue weighted by Gasteiger charge is -2.34. The van der Waals surface area contributed by atoms with Crippen molar-refractivity contribution in [2.75, 3.05) is 7.11 Å². The van der Waals surface area contributed by atoms with Crippen LogP contribution in [0.25, 0.3) is 10.6 Å². The molecule has 26 heavy (non-hydrogen) atoms. The second kappa shape index (κ2) is 7.42. The summed E-state index contributed by atoms with van der Waals surface area (Å²) >= 11 is 1.14. The van der Waals surface area contributed by atoms with Gasteiger partial charge in [-0.15, -0.1) is 11.3 Å².